The average molecular weight is 371 g/mol. The number of aromatic nitrogens is 2. The molecule has 0 saturated heterocycles. The topological polar surface area (TPSA) is 102 Å². The number of benzene rings is 1. The Morgan fingerprint density at radius 1 is 1.04 bits per heavy atom. The third kappa shape index (κ3) is 4.54. The molecule has 0 aliphatic rings. The first-order valence-electron chi connectivity index (χ1n) is 7.96. The number of carbonyl (C=O) groups excluding carboxylic acids is 1. The second-order valence-electron chi connectivity index (χ2n) is 5.55. The summed E-state index contributed by atoms with van der Waals surface area (Å²) < 4.78 is 29.5. The summed E-state index contributed by atoms with van der Waals surface area (Å²) in [5, 5.41) is 6.53. The number of hydrogen-bond acceptors (Lipinski definition) is 6. The Labute approximate surface area is 151 Å². The van der Waals surface area contributed by atoms with Gasteiger partial charge in [0, 0.05) is 18.7 Å². The van der Waals surface area contributed by atoms with Gasteiger partial charge in [0.25, 0.3) is 0 Å². The van der Waals surface area contributed by atoms with Crippen molar-refractivity contribution < 1.29 is 17.7 Å². The van der Waals surface area contributed by atoms with Crippen LogP contribution in [0.15, 0.2) is 70.2 Å². The van der Waals surface area contributed by atoms with E-state index in [4.69, 9.17) is 4.52 Å². The number of sulfone groups is 1. The summed E-state index contributed by atoms with van der Waals surface area (Å²) in [6.45, 7) is 0.129. The summed E-state index contributed by atoms with van der Waals surface area (Å²) in [5.74, 6) is -0.163. The number of carbonyl (C=O) groups is 1. The Kier molecular flexibility index (Phi) is 5.43. The zero-order valence-corrected chi connectivity index (χ0v) is 14.6. The van der Waals surface area contributed by atoms with Gasteiger partial charge in [0.05, 0.1) is 22.9 Å². The molecular formula is C18H17N3O4S. The minimum atomic E-state index is -3.48. The van der Waals surface area contributed by atoms with Crippen molar-refractivity contribution in [2.24, 2.45) is 0 Å². The molecule has 1 N–H and O–H groups in total. The van der Waals surface area contributed by atoms with E-state index in [2.05, 4.69) is 15.5 Å². The van der Waals surface area contributed by atoms with Gasteiger partial charge in [-0.1, -0.05) is 29.4 Å². The number of nitrogens with one attached hydrogen (secondary N) is 1. The number of rotatable bonds is 7. The molecule has 0 atom stereocenters. The lowest BCUT2D eigenvalue weighted by atomic mass is 10.2. The Morgan fingerprint density at radius 3 is 2.54 bits per heavy atom. The van der Waals surface area contributed by atoms with Crippen LogP contribution in [0.1, 0.15) is 12.2 Å². The van der Waals surface area contributed by atoms with Crippen molar-refractivity contribution in [2.75, 3.05) is 5.75 Å². The van der Waals surface area contributed by atoms with Crippen molar-refractivity contribution in [1.82, 2.24) is 15.5 Å². The molecule has 7 nitrogen and oxygen atoms in total. The fourth-order valence-electron chi connectivity index (χ4n) is 2.28. The first kappa shape index (κ1) is 17.8. The molecule has 3 aromatic rings. The van der Waals surface area contributed by atoms with Crippen LogP contribution in [-0.2, 0) is 21.2 Å². The summed E-state index contributed by atoms with van der Waals surface area (Å²) in [6, 6.07) is 15.2. The van der Waals surface area contributed by atoms with Crippen LogP contribution < -0.4 is 5.32 Å². The van der Waals surface area contributed by atoms with Gasteiger partial charge in [-0.15, -0.1) is 0 Å². The predicted octanol–water partition coefficient (Wildman–Crippen LogP) is 2.22. The first-order chi connectivity index (χ1) is 12.5. The monoisotopic (exact) mass is 371 g/mol. The third-order valence-electron chi connectivity index (χ3n) is 3.65. The summed E-state index contributed by atoms with van der Waals surface area (Å²) in [4.78, 5) is 16.3. The minimum Gasteiger partial charge on any atom is -0.359 e. The molecule has 0 spiro atoms. The van der Waals surface area contributed by atoms with Gasteiger partial charge in [0.1, 0.15) is 5.69 Å². The van der Waals surface area contributed by atoms with E-state index in [0.717, 1.165) is 0 Å². The molecule has 2 aromatic heterocycles. The lowest BCUT2D eigenvalue weighted by molar-refractivity contribution is -0.120. The van der Waals surface area contributed by atoms with Gasteiger partial charge >= 0.3 is 0 Å². The smallest absolute Gasteiger partial charge is 0.221 e. The van der Waals surface area contributed by atoms with Crippen LogP contribution in [0.5, 0.6) is 0 Å². The van der Waals surface area contributed by atoms with Crippen molar-refractivity contribution in [1.29, 1.82) is 0 Å². The van der Waals surface area contributed by atoms with Crippen molar-refractivity contribution in [3.63, 3.8) is 0 Å². The van der Waals surface area contributed by atoms with Gasteiger partial charge in [-0.3, -0.25) is 9.78 Å². The van der Waals surface area contributed by atoms with E-state index in [1.165, 1.54) is 12.1 Å². The Hall–Kier alpha value is -3.00. The molecular weight excluding hydrogens is 354 g/mol. The second kappa shape index (κ2) is 7.92. The van der Waals surface area contributed by atoms with Gasteiger partial charge in [-0.2, -0.15) is 0 Å². The molecule has 134 valence electrons. The van der Waals surface area contributed by atoms with Crippen LogP contribution in [0.3, 0.4) is 0 Å². The van der Waals surface area contributed by atoms with Crippen LogP contribution in [0.25, 0.3) is 11.4 Å². The Bertz CT molecular complexity index is 970. The fraction of sp³-hybridized carbons (Fsp3) is 0.167. The SMILES string of the molecule is O=C(CCS(=O)(=O)c1ccccc1)NCc1cc(-c2ccccn2)no1. The highest BCUT2D eigenvalue weighted by atomic mass is 32.2. The molecule has 0 fully saturated rings. The van der Waals surface area contributed by atoms with Gasteiger partial charge in [0.15, 0.2) is 15.6 Å². The molecule has 3 rings (SSSR count). The molecule has 0 bridgehead atoms. The first-order valence-corrected chi connectivity index (χ1v) is 9.61. The standard InChI is InChI=1S/C18H17N3O4S/c22-18(9-11-26(23,24)15-6-2-1-3-7-15)20-13-14-12-17(21-25-14)16-8-4-5-10-19-16/h1-8,10,12H,9,11,13H2,(H,20,22). The molecule has 0 radical (unpaired) electrons. The Morgan fingerprint density at radius 2 is 1.81 bits per heavy atom. The molecule has 8 heteroatoms. The van der Waals surface area contributed by atoms with Crippen molar-refractivity contribution in [2.45, 2.75) is 17.9 Å². The number of nitrogens with zero attached hydrogens (tertiary/aromatic N) is 2. The van der Waals surface area contributed by atoms with Crippen LogP contribution >= 0.6 is 0 Å². The molecule has 0 aliphatic heterocycles. The number of pyridine rings is 1. The second-order valence-corrected chi connectivity index (χ2v) is 7.66. The highest BCUT2D eigenvalue weighted by molar-refractivity contribution is 7.91. The molecule has 1 aromatic carbocycles. The normalized spacial score (nSPS) is 11.2. The van der Waals surface area contributed by atoms with Crippen molar-refractivity contribution in [3.8, 4) is 11.4 Å². The van der Waals surface area contributed by atoms with Gasteiger partial charge in [-0.25, -0.2) is 8.42 Å². The molecule has 0 aliphatic carbocycles. The lowest BCUT2D eigenvalue weighted by Crippen LogP contribution is -2.25. The van der Waals surface area contributed by atoms with E-state index >= 15 is 0 Å². The van der Waals surface area contributed by atoms with Crippen LogP contribution in [-0.4, -0.2) is 30.2 Å². The third-order valence-corrected chi connectivity index (χ3v) is 5.38. The summed E-state index contributed by atoms with van der Waals surface area (Å²) in [6.07, 6.45) is 1.52. The zero-order valence-electron chi connectivity index (χ0n) is 13.8. The minimum absolute atomic E-state index is 0.127. The average Bonchev–Trinajstić information content (AvgIpc) is 3.15. The molecule has 0 saturated carbocycles. The Balaban J connectivity index is 1.51. The maximum atomic E-state index is 12.2. The molecule has 1 amide bonds. The van der Waals surface area contributed by atoms with E-state index in [1.807, 2.05) is 6.07 Å². The lowest BCUT2D eigenvalue weighted by Gasteiger charge is -2.05. The van der Waals surface area contributed by atoms with Crippen LogP contribution in [0.4, 0.5) is 0 Å². The van der Waals surface area contributed by atoms with Gasteiger partial charge in [-0.05, 0) is 24.3 Å². The molecule has 2 heterocycles. The van der Waals surface area contributed by atoms with E-state index in [1.54, 1.807) is 42.6 Å². The van der Waals surface area contributed by atoms with Gasteiger partial charge in [0.2, 0.25) is 5.91 Å². The maximum Gasteiger partial charge on any atom is 0.221 e. The van der Waals surface area contributed by atoms with Crippen LogP contribution in [0, 0.1) is 0 Å². The number of amides is 1. The highest BCUT2D eigenvalue weighted by Crippen LogP contribution is 2.16. The fourth-order valence-corrected chi connectivity index (χ4v) is 3.54. The number of hydrogen-bond donors (Lipinski definition) is 1. The summed E-state index contributed by atoms with van der Waals surface area (Å²) in [7, 11) is -3.48. The maximum absolute atomic E-state index is 12.2. The van der Waals surface area contributed by atoms with E-state index in [-0.39, 0.29) is 29.5 Å². The van der Waals surface area contributed by atoms with E-state index < -0.39 is 9.84 Å². The zero-order chi connectivity index (χ0) is 18.4. The van der Waals surface area contributed by atoms with E-state index in [9.17, 15) is 13.2 Å². The van der Waals surface area contributed by atoms with Gasteiger partial charge < -0.3 is 9.84 Å². The van der Waals surface area contributed by atoms with E-state index in [0.29, 0.717) is 17.1 Å². The molecule has 26 heavy (non-hydrogen) atoms. The van der Waals surface area contributed by atoms with Crippen LogP contribution in [0.2, 0.25) is 0 Å². The van der Waals surface area contributed by atoms with Crippen molar-refractivity contribution >= 4 is 15.7 Å². The quantitative estimate of drug-likeness (QED) is 0.683. The van der Waals surface area contributed by atoms with Crippen molar-refractivity contribution in [3.05, 3.63) is 66.6 Å². The predicted molar refractivity (Wildman–Crippen MR) is 94.7 cm³/mol. The highest BCUT2D eigenvalue weighted by Gasteiger charge is 2.16. The largest absolute Gasteiger partial charge is 0.359 e. The molecule has 0 unspecified atom stereocenters. The summed E-state index contributed by atoms with van der Waals surface area (Å²) >= 11 is 0. The summed E-state index contributed by atoms with van der Waals surface area (Å²) in [5.41, 5.74) is 1.24.